The maximum Gasteiger partial charge on any atom is 0.207 e. The van der Waals surface area contributed by atoms with Crippen molar-refractivity contribution in [3.8, 4) is 17.3 Å². The van der Waals surface area contributed by atoms with Crippen LogP contribution in [0.15, 0.2) is 65.3 Å². The van der Waals surface area contributed by atoms with E-state index in [1.807, 2.05) is 68.4 Å². The van der Waals surface area contributed by atoms with E-state index < -0.39 is 0 Å². The van der Waals surface area contributed by atoms with Crippen LogP contribution in [-0.2, 0) is 0 Å². The van der Waals surface area contributed by atoms with Crippen LogP contribution in [0.25, 0.3) is 16.6 Å². The highest BCUT2D eigenvalue weighted by molar-refractivity contribution is 9.10. The molecule has 0 saturated heterocycles. The minimum Gasteiger partial charge on any atom is -0.494 e. The van der Waals surface area contributed by atoms with Gasteiger partial charge in [-0.25, -0.2) is 0 Å². The molecule has 0 fully saturated rings. The molecule has 0 bridgehead atoms. The Balaban J connectivity index is 1.86. The first-order valence-electron chi connectivity index (χ1n) is 9.03. The van der Waals surface area contributed by atoms with Gasteiger partial charge in [-0.05, 0) is 74.0 Å². The fourth-order valence-corrected chi connectivity index (χ4v) is 3.44. The summed E-state index contributed by atoms with van der Waals surface area (Å²) in [6.45, 7) is 4.60. The van der Waals surface area contributed by atoms with Gasteiger partial charge in [-0.1, -0.05) is 15.9 Å². The number of pyridine rings is 1. The first-order chi connectivity index (χ1) is 13.6. The monoisotopic (exact) mass is 437 g/mol. The van der Waals surface area contributed by atoms with Crippen molar-refractivity contribution >= 4 is 38.3 Å². The van der Waals surface area contributed by atoms with Crippen molar-refractivity contribution in [3.63, 3.8) is 0 Å². The third kappa shape index (κ3) is 3.31. The maximum absolute atomic E-state index is 10.9. The highest BCUT2D eigenvalue weighted by Gasteiger charge is 2.19. The van der Waals surface area contributed by atoms with Crippen LogP contribution >= 0.6 is 15.9 Å². The molecule has 5 nitrogen and oxygen atoms in total. The molecular formula is C22H20BrN3O2. The standard InChI is InChI=1S/C22H20BrN3O2/c1-3-28-17-9-7-16(8-10-17)26-21(20-18(22(26)27)5-4-12-24-20)25-15-6-11-19(23)14(2)13-15/h4-13,25,27H,3H2,1-2H3. The first kappa shape index (κ1) is 18.4. The Hall–Kier alpha value is -2.99. The predicted molar refractivity (Wildman–Crippen MR) is 116 cm³/mol. The minimum atomic E-state index is 0.142. The van der Waals surface area contributed by atoms with Gasteiger partial charge < -0.3 is 15.2 Å². The molecule has 6 heteroatoms. The number of ether oxygens (including phenoxy) is 1. The molecular weight excluding hydrogens is 418 g/mol. The lowest BCUT2D eigenvalue weighted by atomic mass is 10.2. The van der Waals surface area contributed by atoms with Crippen molar-refractivity contribution in [2.75, 3.05) is 11.9 Å². The van der Waals surface area contributed by atoms with Crippen molar-refractivity contribution in [1.29, 1.82) is 0 Å². The van der Waals surface area contributed by atoms with Crippen LogP contribution in [0.2, 0.25) is 0 Å². The SMILES string of the molecule is CCOc1ccc(-n2c(O)c3cccnc3c2Nc2ccc(Br)c(C)c2)cc1. The second kappa shape index (κ2) is 7.56. The van der Waals surface area contributed by atoms with Crippen molar-refractivity contribution < 1.29 is 9.84 Å². The van der Waals surface area contributed by atoms with Crippen LogP contribution in [-0.4, -0.2) is 21.3 Å². The Morgan fingerprint density at radius 2 is 1.93 bits per heavy atom. The van der Waals surface area contributed by atoms with Crippen LogP contribution in [0.1, 0.15) is 12.5 Å². The van der Waals surface area contributed by atoms with Crippen LogP contribution < -0.4 is 10.1 Å². The molecule has 0 unspecified atom stereocenters. The normalized spacial score (nSPS) is 11.0. The molecule has 0 aliphatic heterocycles. The quantitative estimate of drug-likeness (QED) is 0.405. The lowest BCUT2D eigenvalue weighted by molar-refractivity contribution is 0.340. The van der Waals surface area contributed by atoms with E-state index >= 15 is 0 Å². The molecule has 4 rings (SSSR count). The zero-order chi connectivity index (χ0) is 19.7. The van der Waals surface area contributed by atoms with E-state index in [0.29, 0.717) is 23.3 Å². The number of nitrogens with zero attached hydrogens (tertiary/aromatic N) is 2. The maximum atomic E-state index is 10.9. The van der Waals surface area contributed by atoms with E-state index in [4.69, 9.17) is 4.74 Å². The van der Waals surface area contributed by atoms with Gasteiger partial charge in [0.2, 0.25) is 5.88 Å². The zero-order valence-electron chi connectivity index (χ0n) is 15.6. The lowest BCUT2D eigenvalue weighted by Gasteiger charge is -2.14. The van der Waals surface area contributed by atoms with Gasteiger partial charge in [0.1, 0.15) is 17.1 Å². The predicted octanol–water partition coefficient (Wildman–Crippen LogP) is 5.94. The third-order valence-electron chi connectivity index (χ3n) is 4.53. The zero-order valence-corrected chi connectivity index (χ0v) is 17.2. The summed E-state index contributed by atoms with van der Waals surface area (Å²) in [7, 11) is 0. The van der Waals surface area contributed by atoms with Gasteiger partial charge in [-0.3, -0.25) is 9.55 Å². The number of benzene rings is 2. The summed E-state index contributed by atoms with van der Waals surface area (Å²) in [4.78, 5) is 4.49. The van der Waals surface area contributed by atoms with Gasteiger partial charge in [0.25, 0.3) is 0 Å². The molecule has 142 valence electrons. The average molecular weight is 438 g/mol. The summed E-state index contributed by atoms with van der Waals surface area (Å²) >= 11 is 3.53. The molecule has 0 radical (unpaired) electrons. The summed E-state index contributed by atoms with van der Waals surface area (Å²) in [6.07, 6.45) is 1.72. The van der Waals surface area contributed by atoms with E-state index in [-0.39, 0.29) is 5.88 Å². The number of anilines is 2. The summed E-state index contributed by atoms with van der Waals surface area (Å²) < 4.78 is 8.35. The van der Waals surface area contributed by atoms with Crippen LogP contribution in [0.3, 0.4) is 0 Å². The van der Waals surface area contributed by atoms with Crippen molar-refractivity contribution in [3.05, 3.63) is 70.8 Å². The molecule has 4 aromatic rings. The molecule has 0 atom stereocenters. The van der Waals surface area contributed by atoms with Gasteiger partial charge in [-0.15, -0.1) is 0 Å². The molecule has 0 aliphatic carbocycles. The minimum absolute atomic E-state index is 0.142. The number of hydrogen-bond donors (Lipinski definition) is 2. The molecule has 2 N–H and O–H groups in total. The van der Waals surface area contributed by atoms with Crippen LogP contribution in [0.4, 0.5) is 11.5 Å². The molecule has 2 aromatic carbocycles. The lowest BCUT2D eigenvalue weighted by Crippen LogP contribution is -2.02. The Morgan fingerprint density at radius 3 is 2.64 bits per heavy atom. The summed E-state index contributed by atoms with van der Waals surface area (Å²) in [5, 5.41) is 15.0. The Morgan fingerprint density at radius 1 is 1.14 bits per heavy atom. The number of fused-ring (bicyclic) bond motifs is 1. The summed E-state index contributed by atoms with van der Waals surface area (Å²) in [5.41, 5.74) is 3.55. The van der Waals surface area contributed by atoms with Gasteiger partial charge in [0.15, 0.2) is 0 Å². The average Bonchev–Trinajstić information content (AvgIpc) is 2.98. The van der Waals surface area contributed by atoms with Gasteiger partial charge >= 0.3 is 0 Å². The molecule has 28 heavy (non-hydrogen) atoms. The molecule has 0 aliphatic rings. The molecule has 2 heterocycles. The number of halogens is 1. The van der Waals surface area contributed by atoms with Crippen LogP contribution in [0.5, 0.6) is 11.6 Å². The largest absolute Gasteiger partial charge is 0.494 e. The number of rotatable bonds is 5. The number of hydrogen-bond acceptors (Lipinski definition) is 4. The highest BCUT2D eigenvalue weighted by Crippen LogP contribution is 2.38. The fraction of sp³-hybridized carbons (Fsp3) is 0.136. The first-order valence-corrected chi connectivity index (χ1v) is 9.82. The number of aryl methyl sites for hydroxylation is 1. The van der Waals surface area contributed by atoms with Gasteiger partial charge in [0, 0.05) is 16.4 Å². The molecule has 0 amide bonds. The number of aromatic hydroxyl groups is 1. The fourth-order valence-electron chi connectivity index (χ4n) is 3.19. The topological polar surface area (TPSA) is 59.3 Å². The van der Waals surface area contributed by atoms with Crippen molar-refractivity contribution in [1.82, 2.24) is 9.55 Å². The van der Waals surface area contributed by atoms with E-state index in [1.54, 1.807) is 10.8 Å². The van der Waals surface area contributed by atoms with E-state index in [9.17, 15) is 5.11 Å². The van der Waals surface area contributed by atoms with Crippen molar-refractivity contribution in [2.24, 2.45) is 0 Å². The third-order valence-corrected chi connectivity index (χ3v) is 5.42. The molecule has 2 aromatic heterocycles. The Labute approximate surface area is 171 Å². The van der Waals surface area contributed by atoms with Crippen molar-refractivity contribution in [2.45, 2.75) is 13.8 Å². The number of aromatic nitrogens is 2. The summed E-state index contributed by atoms with van der Waals surface area (Å²) in [6, 6.07) is 17.3. The second-order valence-corrected chi connectivity index (χ2v) is 7.28. The smallest absolute Gasteiger partial charge is 0.207 e. The van der Waals surface area contributed by atoms with Crippen LogP contribution in [0, 0.1) is 6.92 Å². The molecule has 0 saturated carbocycles. The second-order valence-electron chi connectivity index (χ2n) is 6.42. The number of nitrogens with one attached hydrogen (secondary N) is 1. The van der Waals surface area contributed by atoms with E-state index in [1.165, 1.54) is 0 Å². The van der Waals surface area contributed by atoms with E-state index in [0.717, 1.165) is 27.2 Å². The van der Waals surface area contributed by atoms with E-state index in [2.05, 4.69) is 26.2 Å². The molecule has 0 spiro atoms. The summed E-state index contributed by atoms with van der Waals surface area (Å²) in [5.74, 6) is 1.64. The van der Waals surface area contributed by atoms with Gasteiger partial charge in [-0.2, -0.15) is 0 Å². The highest BCUT2D eigenvalue weighted by atomic mass is 79.9. The Kier molecular flexibility index (Phi) is 4.96. The van der Waals surface area contributed by atoms with Gasteiger partial charge in [0.05, 0.1) is 17.7 Å². The Bertz CT molecular complexity index is 1140.